The van der Waals surface area contributed by atoms with Gasteiger partial charge >= 0.3 is 0 Å². The number of hydrogen-bond donors (Lipinski definition) is 2. The van der Waals surface area contributed by atoms with Crippen LogP contribution in [0.15, 0.2) is 12.1 Å². The van der Waals surface area contributed by atoms with Gasteiger partial charge in [-0.25, -0.2) is 0 Å². The Kier molecular flexibility index (Phi) is 3.35. The van der Waals surface area contributed by atoms with E-state index in [0.29, 0.717) is 5.15 Å². The summed E-state index contributed by atoms with van der Waals surface area (Å²) in [6, 6.07) is 3.74. The van der Waals surface area contributed by atoms with Gasteiger partial charge in [-0.15, -0.1) is 10.2 Å². The maximum absolute atomic E-state index is 5.65. The Morgan fingerprint density at radius 3 is 3.00 bits per heavy atom. The Balaban J connectivity index is 1.99. The molecule has 2 rings (SSSR count). The fourth-order valence-corrected chi connectivity index (χ4v) is 1.73. The third-order valence-electron chi connectivity index (χ3n) is 2.43. The molecule has 0 radical (unpaired) electrons. The zero-order valence-electron chi connectivity index (χ0n) is 8.40. The van der Waals surface area contributed by atoms with Crippen LogP contribution in [0.5, 0.6) is 0 Å². The first-order chi connectivity index (χ1) is 7.29. The van der Waals surface area contributed by atoms with Crippen molar-refractivity contribution in [3.05, 3.63) is 17.3 Å². The molecule has 2 heterocycles. The highest BCUT2D eigenvalue weighted by molar-refractivity contribution is 6.29. The molecular formula is C9H13ClN4O. The lowest BCUT2D eigenvalue weighted by atomic mass is 10.2. The summed E-state index contributed by atoms with van der Waals surface area (Å²) in [5, 5.41) is 14.6. The van der Waals surface area contributed by atoms with Crippen molar-refractivity contribution in [3.8, 4) is 0 Å². The number of anilines is 1. The summed E-state index contributed by atoms with van der Waals surface area (Å²) < 4.78 is 5.32. The molecule has 1 saturated heterocycles. The van der Waals surface area contributed by atoms with Crippen molar-refractivity contribution in [1.82, 2.24) is 15.5 Å². The van der Waals surface area contributed by atoms with Crippen molar-refractivity contribution >= 4 is 17.4 Å². The number of methoxy groups -OCH3 is 1. The quantitative estimate of drug-likeness (QED) is 0.791. The van der Waals surface area contributed by atoms with Crippen LogP contribution in [-0.4, -0.2) is 42.5 Å². The Morgan fingerprint density at radius 2 is 2.33 bits per heavy atom. The van der Waals surface area contributed by atoms with E-state index < -0.39 is 0 Å². The Hall–Kier alpha value is -0.910. The van der Waals surface area contributed by atoms with Gasteiger partial charge in [-0.2, -0.15) is 0 Å². The lowest BCUT2D eigenvalue weighted by Gasteiger charge is -2.18. The first-order valence-corrected chi connectivity index (χ1v) is 5.16. The largest absolute Gasteiger partial charge is 0.378 e. The molecule has 1 fully saturated rings. The number of ether oxygens (including phenoxy) is 1. The number of rotatable bonds is 3. The van der Waals surface area contributed by atoms with E-state index in [1.54, 1.807) is 19.2 Å². The van der Waals surface area contributed by atoms with E-state index >= 15 is 0 Å². The van der Waals surface area contributed by atoms with Crippen molar-refractivity contribution in [3.63, 3.8) is 0 Å². The summed E-state index contributed by atoms with van der Waals surface area (Å²) >= 11 is 5.65. The van der Waals surface area contributed by atoms with Crippen molar-refractivity contribution in [2.24, 2.45) is 0 Å². The second kappa shape index (κ2) is 4.74. The lowest BCUT2D eigenvalue weighted by Crippen LogP contribution is -2.33. The highest BCUT2D eigenvalue weighted by Crippen LogP contribution is 2.12. The predicted molar refractivity (Wildman–Crippen MR) is 58.1 cm³/mol. The molecule has 15 heavy (non-hydrogen) atoms. The van der Waals surface area contributed by atoms with E-state index in [-0.39, 0.29) is 12.1 Å². The van der Waals surface area contributed by atoms with Crippen molar-refractivity contribution in [2.45, 2.75) is 12.1 Å². The molecule has 5 nitrogen and oxygen atoms in total. The van der Waals surface area contributed by atoms with Gasteiger partial charge in [0.15, 0.2) is 5.15 Å². The van der Waals surface area contributed by atoms with Crippen LogP contribution >= 0.6 is 11.6 Å². The van der Waals surface area contributed by atoms with Gasteiger partial charge < -0.3 is 15.4 Å². The molecule has 1 aromatic rings. The van der Waals surface area contributed by atoms with Gasteiger partial charge in [0, 0.05) is 20.2 Å². The zero-order chi connectivity index (χ0) is 10.7. The molecule has 1 aliphatic heterocycles. The first kappa shape index (κ1) is 10.6. The minimum Gasteiger partial charge on any atom is -0.378 e. The highest BCUT2D eigenvalue weighted by atomic mass is 35.5. The van der Waals surface area contributed by atoms with Gasteiger partial charge in [-0.1, -0.05) is 11.6 Å². The molecule has 0 spiro atoms. The van der Waals surface area contributed by atoms with Crippen LogP contribution in [0.1, 0.15) is 0 Å². The fourth-order valence-electron chi connectivity index (χ4n) is 1.63. The molecule has 2 N–H and O–H groups in total. The second-order valence-corrected chi connectivity index (χ2v) is 3.81. The molecule has 0 amide bonds. The maximum atomic E-state index is 5.65. The van der Waals surface area contributed by atoms with Crippen molar-refractivity contribution in [2.75, 3.05) is 25.5 Å². The third kappa shape index (κ3) is 2.56. The van der Waals surface area contributed by atoms with Gasteiger partial charge in [0.1, 0.15) is 5.82 Å². The van der Waals surface area contributed by atoms with Crippen LogP contribution in [-0.2, 0) is 4.74 Å². The first-order valence-electron chi connectivity index (χ1n) is 4.79. The summed E-state index contributed by atoms with van der Waals surface area (Å²) in [5.41, 5.74) is 0. The van der Waals surface area contributed by atoms with Crippen LogP contribution in [0.3, 0.4) is 0 Å². The summed E-state index contributed by atoms with van der Waals surface area (Å²) in [6.45, 7) is 1.72. The van der Waals surface area contributed by atoms with E-state index in [1.165, 1.54) is 0 Å². The van der Waals surface area contributed by atoms with Crippen LogP contribution in [0.4, 0.5) is 5.82 Å². The minimum absolute atomic E-state index is 0.169. The normalized spacial score (nSPS) is 25.5. The number of nitrogens with zero attached hydrogens (tertiary/aromatic N) is 2. The van der Waals surface area contributed by atoms with E-state index in [1.807, 2.05) is 0 Å². The van der Waals surface area contributed by atoms with Gasteiger partial charge in [0.2, 0.25) is 0 Å². The molecule has 1 unspecified atom stereocenters. The molecule has 0 aromatic carbocycles. The van der Waals surface area contributed by atoms with Crippen molar-refractivity contribution in [1.29, 1.82) is 0 Å². The Morgan fingerprint density at radius 1 is 1.47 bits per heavy atom. The number of aromatic nitrogens is 2. The highest BCUT2D eigenvalue weighted by Gasteiger charge is 2.26. The van der Waals surface area contributed by atoms with Crippen LogP contribution < -0.4 is 10.6 Å². The van der Waals surface area contributed by atoms with E-state index in [2.05, 4.69) is 20.8 Å². The van der Waals surface area contributed by atoms with Crippen LogP contribution in [0.25, 0.3) is 0 Å². The van der Waals surface area contributed by atoms with Gasteiger partial charge in [-0.05, 0) is 12.1 Å². The smallest absolute Gasteiger partial charge is 0.151 e. The summed E-state index contributed by atoms with van der Waals surface area (Å²) in [5.74, 6) is 0.718. The summed E-state index contributed by atoms with van der Waals surface area (Å²) in [7, 11) is 1.71. The zero-order valence-corrected chi connectivity index (χ0v) is 9.16. The number of hydrogen-bond acceptors (Lipinski definition) is 5. The minimum atomic E-state index is 0.169. The average Bonchev–Trinajstić information content (AvgIpc) is 2.69. The predicted octanol–water partition coefficient (Wildman–Crippen LogP) is 0.529. The second-order valence-electron chi connectivity index (χ2n) is 3.42. The monoisotopic (exact) mass is 228 g/mol. The standard InChI is InChI=1S/C9H13ClN4O/c1-15-7-5-11-4-6(7)12-9-3-2-8(10)13-14-9/h2-3,6-7,11H,4-5H2,1H3,(H,12,14)/t6?,7-/m0/s1. The van der Waals surface area contributed by atoms with Crippen LogP contribution in [0, 0.1) is 0 Å². The van der Waals surface area contributed by atoms with Crippen LogP contribution in [0.2, 0.25) is 5.15 Å². The molecule has 0 saturated carbocycles. The van der Waals surface area contributed by atoms with Gasteiger partial charge in [0.25, 0.3) is 0 Å². The van der Waals surface area contributed by atoms with Crippen molar-refractivity contribution < 1.29 is 4.74 Å². The van der Waals surface area contributed by atoms with Gasteiger partial charge in [-0.3, -0.25) is 0 Å². The van der Waals surface area contributed by atoms with E-state index in [0.717, 1.165) is 18.9 Å². The average molecular weight is 229 g/mol. The Labute approximate surface area is 93.2 Å². The molecule has 0 aliphatic carbocycles. The molecule has 82 valence electrons. The van der Waals surface area contributed by atoms with Gasteiger partial charge in [0.05, 0.1) is 12.1 Å². The SMILES string of the molecule is CO[C@H]1CNCC1Nc1ccc(Cl)nn1. The van der Waals surface area contributed by atoms with E-state index in [4.69, 9.17) is 16.3 Å². The lowest BCUT2D eigenvalue weighted by molar-refractivity contribution is 0.111. The fraction of sp³-hybridized carbons (Fsp3) is 0.556. The molecule has 0 bridgehead atoms. The topological polar surface area (TPSA) is 59.1 Å². The molecule has 1 aromatic heterocycles. The maximum Gasteiger partial charge on any atom is 0.151 e. The number of nitrogens with one attached hydrogen (secondary N) is 2. The summed E-state index contributed by atoms with van der Waals surface area (Å²) in [4.78, 5) is 0. The Bertz CT molecular complexity index is 318. The molecule has 2 atom stereocenters. The van der Waals surface area contributed by atoms with E-state index in [9.17, 15) is 0 Å². The molecule has 1 aliphatic rings. The summed E-state index contributed by atoms with van der Waals surface area (Å²) in [6.07, 6.45) is 0.169. The third-order valence-corrected chi connectivity index (χ3v) is 2.63. The number of halogens is 1. The molecule has 6 heteroatoms. The molecular weight excluding hydrogens is 216 g/mol.